The van der Waals surface area contributed by atoms with Gasteiger partial charge >= 0.3 is 5.97 Å². The molecule has 0 heterocycles. The van der Waals surface area contributed by atoms with Gasteiger partial charge in [-0.25, -0.2) is 4.39 Å². The minimum Gasteiger partial charge on any atom is -0.427 e. The Bertz CT molecular complexity index is 1080. The molecule has 0 spiro atoms. The Morgan fingerprint density at radius 3 is 2.41 bits per heavy atom. The van der Waals surface area contributed by atoms with Gasteiger partial charge in [0, 0.05) is 30.0 Å². The molecule has 1 saturated carbocycles. The van der Waals surface area contributed by atoms with Crippen molar-refractivity contribution in [2.75, 3.05) is 5.32 Å². The first-order chi connectivity index (χ1) is 19.0. The molecule has 0 saturated heterocycles. The summed E-state index contributed by atoms with van der Waals surface area (Å²) in [6, 6.07) is 11.9. The number of ether oxygens (including phenoxy) is 1. The molecule has 2 aromatic rings. The highest BCUT2D eigenvalue weighted by molar-refractivity contribution is 6.04. The van der Waals surface area contributed by atoms with Gasteiger partial charge in [-0.1, -0.05) is 57.6 Å². The van der Waals surface area contributed by atoms with Crippen LogP contribution in [0.5, 0.6) is 5.75 Å². The number of ketones is 1. The summed E-state index contributed by atoms with van der Waals surface area (Å²) in [4.78, 5) is 36.8. The number of allylic oxidation sites excluding steroid dienone is 2. The van der Waals surface area contributed by atoms with Crippen LogP contribution < -0.4 is 10.1 Å². The van der Waals surface area contributed by atoms with Crippen LogP contribution in [0, 0.1) is 17.7 Å². The molecule has 2 atom stereocenters. The summed E-state index contributed by atoms with van der Waals surface area (Å²) in [5.41, 5.74) is 0.904. The lowest BCUT2D eigenvalue weighted by atomic mass is 9.89. The van der Waals surface area contributed by atoms with E-state index in [2.05, 4.69) is 24.4 Å². The van der Waals surface area contributed by atoms with Crippen molar-refractivity contribution in [1.82, 2.24) is 0 Å². The number of hydrogen-bond acceptors (Lipinski definition) is 4. The van der Waals surface area contributed by atoms with Crippen LogP contribution in [0.3, 0.4) is 0 Å². The van der Waals surface area contributed by atoms with Crippen molar-refractivity contribution in [2.45, 2.75) is 90.4 Å². The number of rotatable bonds is 16. The zero-order valence-electron chi connectivity index (χ0n) is 23.1. The van der Waals surface area contributed by atoms with Crippen LogP contribution in [-0.4, -0.2) is 17.7 Å². The van der Waals surface area contributed by atoms with Gasteiger partial charge in [0.2, 0.25) is 0 Å². The molecule has 1 N–H and O–H groups in total. The quantitative estimate of drug-likeness (QED) is 0.101. The van der Waals surface area contributed by atoms with Gasteiger partial charge in [-0.15, -0.1) is 0 Å². The Morgan fingerprint density at radius 2 is 1.67 bits per heavy atom. The number of unbranched alkanes of at least 4 members (excludes halogenated alkanes) is 7. The number of nitrogens with one attached hydrogen (secondary N) is 1. The third-order valence-corrected chi connectivity index (χ3v) is 7.36. The van der Waals surface area contributed by atoms with Crippen LogP contribution in [0.2, 0.25) is 0 Å². The molecule has 5 nitrogen and oxygen atoms in total. The van der Waals surface area contributed by atoms with Crippen LogP contribution in [0.1, 0.15) is 101 Å². The van der Waals surface area contributed by atoms with E-state index in [4.69, 9.17) is 4.74 Å². The molecule has 0 aromatic heterocycles. The molecular weight excluding hydrogens is 493 g/mol. The second-order valence-electron chi connectivity index (χ2n) is 10.5. The molecule has 1 fully saturated rings. The summed E-state index contributed by atoms with van der Waals surface area (Å²) in [6.07, 6.45) is 17.5. The van der Waals surface area contributed by atoms with Crippen molar-refractivity contribution in [3.8, 4) is 5.75 Å². The van der Waals surface area contributed by atoms with Gasteiger partial charge in [0.05, 0.1) is 0 Å². The fourth-order valence-corrected chi connectivity index (χ4v) is 5.08. The van der Waals surface area contributed by atoms with Crippen molar-refractivity contribution in [3.63, 3.8) is 0 Å². The highest BCUT2D eigenvalue weighted by Gasteiger charge is 2.32. The number of amides is 1. The van der Waals surface area contributed by atoms with E-state index >= 15 is 0 Å². The highest BCUT2D eigenvalue weighted by atomic mass is 19.1. The highest BCUT2D eigenvalue weighted by Crippen LogP contribution is 2.34. The summed E-state index contributed by atoms with van der Waals surface area (Å²) in [5.74, 6) is 0.383. The fourth-order valence-electron chi connectivity index (χ4n) is 5.08. The van der Waals surface area contributed by atoms with Crippen LogP contribution in [0.25, 0.3) is 0 Å². The summed E-state index contributed by atoms with van der Waals surface area (Å²) in [7, 11) is 0. The molecule has 0 unspecified atom stereocenters. The van der Waals surface area contributed by atoms with E-state index in [-0.39, 0.29) is 17.8 Å². The SMILES string of the molecule is CCCCCC/C=C/[C@H]1CCC(=O)[C@@H]1CCCCCCC(=O)Oc1ccc(NC(=O)c2ccc(F)cc2)cc1. The maximum absolute atomic E-state index is 13.0. The lowest BCUT2D eigenvalue weighted by Gasteiger charge is -2.14. The second kappa shape index (κ2) is 16.6. The maximum atomic E-state index is 13.0. The van der Waals surface area contributed by atoms with Crippen LogP contribution in [0.15, 0.2) is 60.7 Å². The van der Waals surface area contributed by atoms with E-state index in [0.29, 0.717) is 41.5 Å². The maximum Gasteiger partial charge on any atom is 0.311 e. The van der Waals surface area contributed by atoms with Gasteiger partial charge < -0.3 is 10.1 Å². The minimum atomic E-state index is -0.400. The Balaban J connectivity index is 1.28. The van der Waals surface area contributed by atoms with Gasteiger partial charge in [-0.05, 0) is 86.6 Å². The largest absolute Gasteiger partial charge is 0.427 e. The molecule has 1 aliphatic rings. The molecular formula is C33H42FNO4. The number of hydrogen-bond donors (Lipinski definition) is 1. The number of carbonyl (C=O) groups excluding carboxylic acids is 3. The van der Waals surface area contributed by atoms with Crippen LogP contribution in [0.4, 0.5) is 10.1 Å². The van der Waals surface area contributed by atoms with E-state index in [1.165, 1.54) is 49.9 Å². The molecule has 0 radical (unpaired) electrons. The molecule has 3 rings (SSSR count). The van der Waals surface area contributed by atoms with Crippen molar-refractivity contribution in [3.05, 3.63) is 72.1 Å². The van der Waals surface area contributed by atoms with Crippen LogP contribution >= 0.6 is 0 Å². The smallest absolute Gasteiger partial charge is 0.311 e. The van der Waals surface area contributed by atoms with Crippen molar-refractivity contribution in [1.29, 1.82) is 0 Å². The zero-order chi connectivity index (χ0) is 27.9. The van der Waals surface area contributed by atoms with Gasteiger partial charge in [0.25, 0.3) is 5.91 Å². The first-order valence-electron chi connectivity index (χ1n) is 14.5. The Labute approximate surface area is 232 Å². The molecule has 1 amide bonds. The Hall–Kier alpha value is -3.28. The van der Waals surface area contributed by atoms with Crippen molar-refractivity contribution < 1.29 is 23.5 Å². The predicted molar refractivity (Wildman–Crippen MR) is 153 cm³/mol. The van der Waals surface area contributed by atoms with Gasteiger partial charge in [0.15, 0.2) is 0 Å². The monoisotopic (exact) mass is 535 g/mol. The van der Waals surface area contributed by atoms with Gasteiger partial charge in [-0.3, -0.25) is 14.4 Å². The third-order valence-electron chi connectivity index (χ3n) is 7.36. The summed E-state index contributed by atoms with van der Waals surface area (Å²) in [6.45, 7) is 2.22. The lowest BCUT2D eigenvalue weighted by molar-refractivity contribution is -0.134. The number of Topliss-reactive ketones (excluding diaryl/α,β-unsaturated/α-hetero) is 1. The minimum absolute atomic E-state index is 0.172. The van der Waals surface area contributed by atoms with E-state index in [1.54, 1.807) is 24.3 Å². The van der Waals surface area contributed by atoms with Gasteiger partial charge in [0.1, 0.15) is 17.3 Å². The van der Waals surface area contributed by atoms with E-state index < -0.39 is 5.82 Å². The third kappa shape index (κ3) is 10.8. The lowest BCUT2D eigenvalue weighted by Crippen LogP contribution is -2.13. The first-order valence-corrected chi connectivity index (χ1v) is 14.5. The normalized spacial score (nSPS) is 17.0. The van der Waals surface area contributed by atoms with Gasteiger partial charge in [-0.2, -0.15) is 0 Å². The van der Waals surface area contributed by atoms with Crippen molar-refractivity contribution >= 4 is 23.3 Å². The molecule has 1 aliphatic carbocycles. The summed E-state index contributed by atoms with van der Waals surface area (Å²) < 4.78 is 18.4. The summed E-state index contributed by atoms with van der Waals surface area (Å²) in [5, 5.41) is 2.73. The van der Waals surface area contributed by atoms with Crippen molar-refractivity contribution in [2.24, 2.45) is 11.8 Å². The molecule has 0 bridgehead atoms. The molecule has 210 valence electrons. The number of carbonyl (C=O) groups is 3. The standard InChI is InChI=1S/C33H42FNO4/c1-2-3-4-5-6-9-12-25-17-24-31(36)30(25)13-10-7-8-11-14-32(37)39-29-22-20-28(21-23-29)35-33(38)26-15-18-27(34)19-16-26/h9,12,15-16,18-23,25,30H,2-8,10-11,13-14,17,24H2,1H3,(H,35,38)/b12-9+/t25-,30+/m0/s1. The summed E-state index contributed by atoms with van der Waals surface area (Å²) >= 11 is 0. The molecule has 2 aromatic carbocycles. The van der Waals surface area contributed by atoms with E-state index in [9.17, 15) is 18.8 Å². The number of benzene rings is 2. The average Bonchev–Trinajstić information content (AvgIpc) is 3.28. The Morgan fingerprint density at radius 1 is 0.949 bits per heavy atom. The number of halogens is 1. The number of anilines is 1. The zero-order valence-corrected chi connectivity index (χ0v) is 23.1. The molecule has 0 aliphatic heterocycles. The number of esters is 1. The van der Waals surface area contributed by atoms with Crippen LogP contribution in [-0.2, 0) is 9.59 Å². The fraction of sp³-hybridized carbons (Fsp3) is 0.485. The Kier molecular flexibility index (Phi) is 12.9. The average molecular weight is 536 g/mol. The molecule has 6 heteroatoms. The topological polar surface area (TPSA) is 72.5 Å². The predicted octanol–water partition coefficient (Wildman–Crippen LogP) is 8.45. The van der Waals surface area contributed by atoms with E-state index in [0.717, 1.165) is 44.9 Å². The molecule has 39 heavy (non-hydrogen) atoms. The van der Waals surface area contributed by atoms with E-state index in [1.807, 2.05) is 0 Å². The first kappa shape index (κ1) is 30.3. The second-order valence-corrected chi connectivity index (χ2v) is 10.5.